The molecule has 0 aliphatic heterocycles. The van der Waals surface area contributed by atoms with Crippen LogP contribution >= 0.6 is 0 Å². The molecule has 1 atom stereocenters. The van der Waals surface area contributed by atoms with E-state index in [9.17, 15) is 4.80 Å². The second-order valence-corrected chi connectivity index (χ2v) is 5.41. The minimum atomic E-state index is -2.80. The van der Waals surface area contributed by atoms with Gasteiger partial charge in [-0.05, 0) is 6.42 Å². The first-order valence-electron chi connectivity index (χ1n) is 3.43. The molecule has 0 saturated carbocycles. The smallest absolute Gasteiger partial charge is 0.390 e. The molecule has 0 saturated heterocycles. The Morgan fingerprint density at radius 2 is 1.80 bits per heavy atom. The minimum Gasteiger partial charge on any atom is -0.390 e. The molecule has 0 fully saturated rings. The number of hydrogen-bond donors (Lipinski definition) is 1. The third-order valence-corrected chi connectivity index (χ3v) is 4.64. The highest BCUT2D eigenvalue weighted by Crippen LogP contribution is 2.22. The molecule has 0 rings (SSSR count). The van der Waals surface area contributed by atoms with Gasteiger partial charge in [-0.1, -0.05) is 13.8 Å². The van der Waals surface area contributed by atoms with Crippen molar-refractivity contribution in [3.63, 3.8) is 0 Å². The second kappa shape index (κ2) is 4.08. The first-order chi connectivity index (χ1) is 4.60. The Labute approximate surface area is 63.3 Å². The van der Waals surface area contributed by atoms with E-state index in [1.165, 1.54) is 14.2 Å². The monoisotopic (exact) mass is 164 g/mol. The summed E-state index contributed by atoms with van der Waals surface area (Å²) in [5.74, 6) is 0. The standard InChI is InChI=1S/C6H16O3Si/c1-5-6(2)10(7,8-3)9-4/h6-7H,5H2,1-4H3. The van der Waals surface area contributed by atoms with E-state index in [0.29, 0.717) is 0 Å². The SMILES string of the molecule is CCC(C)[Si](O)(OC)OC. The zero-order chi connectivity index (χ0) is 8.20. The van der Waals surface area contributed by atoms with Crippen molar-refractivity contribution in [3.05, 3.63) is 0 Å². The summed E-state index contributed by atoms with van der Waals surface area (Å²) in [5, 5.41) is 0. The van der Waals surface area contributed by atoms with Gasteiger partial charge in [0.1, 0.15) is 0 Å². The predicted molar refractivity (Wildman–Crippen MR) is 41.7 cm³/mol. The summed E-state index contributed by atoms with van der Waals surface area (Å²) in [7, 11) is 0.175. The molecule has 4 heteroatoms. The Kier molecular flexibility index (Phi) is 4.11. The van der Waals surface area contributed by atoms with E-state index in [2.05, 4.69) is 0 Å². The molecule has 3 nitrogen and oxygen atoms in total. The molecule has 0 aromatic heterocycles. The van der Waals surface area contributed by atoms with E-state index in [-0.39, 0.29) is 5.54 Å². The quantitative estimate of drug-likeness (QED) is 0.630. The van der Waals surface area contributed by atoms with E-state index in [1.807, 2.05) is 13.8 Å². The van der Waals surface area contributed by atoms with Crippen LogP contribution < -0.4 is 0 Å². The molecule has 0 aromatic carbocycles. The lowest BCUT2D eigenvalue weighted by Gasteiger charge is -2.24. The van der Waals surface area contributed by atoms with Crippen LogP contribution in [0.4, 0.5) is 0 Å². The predicted octanol–water partition coefficient (Wildman–Crippen LogP) is 1.01. The van der Waals surface area contributed by atoms with Gasteiger partial charge in [0.15, 0.2) is 0 Å². The van der Waals surface area contributed by atoms with Gasteiger partial charge in [-0.25, -0.2) is 0 Å². The lowest BCUT2D eigenvalue weighted by molar-refractivity contribution is 0.139. The normalized spacial score (nSPS) is 15.3. The summed E-state index contributed by atoms with van der Waals surface area (Å²) in [6.07, 6.45) is 0.879. The van der Waals surface area contributed by atoms with Crippen LogP contribution in [0.25, 0.3) is 0 Å². The van der Waals surface area contributed by atoms with Gasteiger partial charge in [0.25, 0.3) is 0 Å². The fourth-order valence-electron chi connectivity index (χ4n) is 0.744. The zero-order valence-electron chi connectivity index (χ0n) is 7.05. The van der Waals surface area contributed by atoms with E-state index in [4.69, 9.17) is 8.85 Å². The fourth-order valence-corrected chi connectivity index (χ4v) is 2.23. The van der Waals surface area contributed by atoms with Crippen molar-refractivity contribution in [2.24, 2.45) is 0 Å². The summed E-state index contributed by atoms with van der Waals surface area (Å²) in [6.45, 7) is 3.93. The lowest BCUT2D eigenvalue weighted by atomic mass is 10.4. The molecule has 0 bridgehead atoms. The second-order valence-electron chi connectivity index (χ2n) is 2.35. The molecule has 0 spiro atoms. The Balaban J connectivity index is 4.02. The van der Waals surface area contributed by atoms with Crippen LogP contribution in [-0.4, -0.2) is 27.8 Å². The minimum absolute atomic E-state index is 0.127. The van der Waals surface area contributed by atoms with Crippen LogP contribution in [0.15, 0.2) is 0 Å². The Morgan fingerprint density at radius 1 is 1.40 bits per heavy atom. The molecule has 1 N–H and O–H groups in total. The number of hydrogen-bond acceptors (Lipinski definition) is 3. The summed E-state index contributed by atoms with van der Waals surface area (Å²) >= 11 is 0. The van der Waals surface area contributed by atoms with Crippen molar-refractivity contribution in [2.75, 3.05) is 14.2 Å². The zero-order valence-corrected chi connectivity index (χ0v) is 8.05. The van der Waals surface area contributed by atoms with E-state index < -0.39 is 8.80 Å². The van der Waals surface area contributed by atoms with Crippen molar-refractivity contribution >= 4 is 8.80 Å². The molecule has 0 aliphatic rings. The van der Waals surface area contributed by atoms with Crippen molar-refractivity contribution in [3.8, 4) is 0 Å². The molecule has 0 amide bonds. The Bertz CT molecular complexity index is 93.0. The Hall–Kier alpha value is 0.0969. The first kappa shape index (κ1) is 10.1. The van der Waals surface area contributed by atoms with Gasteiger partial charge in [-0.3, -0.25) is 0 Å². The van der Waals surface area contributed by atoms with E-state index >= 15 is 0 Å². The maximum atomic E-state index is 9.59. The number of rotatable bonds is 4. The lowest BCUT2D eigenvalue weighted by Crippen LogP contribution is -2.44. The maximum Gasteiger partial charge on any atom is 0.500 e. The largest absolute Gasteiger partial charge is 0.500 e. The molecule has 0 aliphatic carbocycles. The van der Waals surface area contributed by atoms with E-state index in [1.54, 1.807) is 0 Å². The molecular formula is C6H16O3Si. The van der Waals surface area contributed by atoms with Gasteiger partial charge in [0, 0.05) is 19.8 Å². The van der Waals surface area contributed by atoms with Crippen LogP contribution in [0, 0.1) is 0 Å². The highest BCUT2D eigenvalue weighted by molar-refractivity contribution is 6.60. The highest BCUT2D eigenvalue weighted by atomic mass is 28.4. The van der Waals surface area contributed by atoms with Gasteiger partial charge in [-0.15, -0.1) is 0 Å². The van der Waals surface area contributed by atoms with Crippen LogP contribution in [0.3, 0.4) is 0 Å². The van der Waals surface area contributed by atoms with E-state index in [0.717, 1.165) is 6.42 Å². The molecule has 1 unspecified atom stereocenters. The van der Waals surface area contributed by atoms with Crippen LogP contribution in [0.1, 0.15) is 20.3 Å². The van der Waals surface area contributed by atoms with Gasteiger partial charge in [-0.2, -0.15) is 0 Å². The third kappa shape index (κ3) is 2.05. The topological polar surface area (TPSA) is 38.7 Å². The fraction of sp³-hybridized carbons (Fsp3) is 1.00. The van der Waals surface area contributed by atoms with Crippen molar-refractivity contribution in [2.45, 2.75) is 25.8 Å². The summed E-state index contributed by atoms with van der Waals surface area (Å²) in [5.41, 5.74) is 0.127. The molecule has 0 heterocycles. The first-order valence-corrected chi connectivity index (χ1v) is 5.27. The molecule has 0 radical (unpaired) electrons. The summed E-state index contributed by atoms with van der Waals surface area (Å²) in [4.78, 5) is 9.59. The average Bonchev–Trinajstić information content (AvgIpc) is 2.01. The van der Waals surface area contributed by atoms with Crippen LogP contribution in [0.5, 0.6) is 0 Å². The maximum absolute atomic E-state index is 9.59. The highest BCUT2D eigenvalue weighted by Gasteiger charge is 2.40. The van der Waals surface area contributed by atoms with Crippen molar-refractivity contribution < 1.29 is 13.6 Å². The molecule has 0 aromatic rings. The molecular weight excluding hydrogens is 148 g/mol. The van der Waals surface area contributed by atoms with Crippen LogP contribution in [0.2, 0.25) is 5.54 Å². The third-order valence-electron chi connectivity index (χ3n) is 1.82. The van der Waals surface area contributed by atoms with Crippen molar-refractivity contribution in [1.29, 1.82) is 0 Å². The average molecular weight is 164 g/mol. The van der Waals surface area contributed by atoms with Gasteiger partial charge < -0.3 is 13.6 Å². The van der Waals surface area contributed by atoms with Crippen LogP contribution in [-0.2, 0) is 8.85 Å². The van der Waals surface area contributed by atoms with Crippen molar-refractivity contribution in [1.82, 2.24) is 0 Å². The Morgan fingerprint density at radius 3 is 1.90 bits per heavy atom. The summed E-state index contributed by atoms with van der Waals surface area (Å²) in [6, 6.07) is 0. The molecule has 10 heavy (non-hydrogen) atoms. The van der Waals surface area contributed by atoms with Gasteiger partial charge in [0.2, 0.25) is 0 Å². The van der Waals surface area contributed by atoms with Gasteiger partial charge in [0.05, 0.1) is 0 Å². The van der Waals surface area contributed by atoms with Gasteiger partial charge >= 0.3 is 8.80 Å². The molecule has 62 valence electrons. The summed E-state index contributed by atoms with van der Waals surface area (Å²) < 4.78 is 9.82.